The number of halogens is 2. The lowest BCUT2D eigenvalue weighted by Crippen LogP contribution is -2.36. The minimum atomic E-state index is -0.885. The zero-order valence-electron chi connectivity index (χ0n) is 11.7. The van der Waals surface area contributed by atoms with E-state index in [1.807, 2.05) is 0 Å². The van der Waals surface area contributed by atoms with Gasteiger partial charge >= 0.3 is 5.97 Å². The maximum atomic E-state index is 12.4. The molecule has 0 aliphatic heterocycles. The molecule has 4 nitrogen and oxygen atoms in total. The lowest BCUT2D eigenvalue weighted by atomic mass is 9.95. The Kier molecular flexibility index (Phi) is 5.12. The smallest absolute Gasteiger partial charge is 0.307 e. The van der Waals surface area contributed by atoms with Gasteiger partial charge in [-0.05, 0) is 30.5 Å². The van der Waals surface area contributed by atoms with E-state index in [0.29, 0.717) is 29.4 Å². The van der Waals surface area contributed by atoms with Crippen LogP contribution in [0.3, 0.4) is 0 Å². The molecule has 1 fully saturated rings. The first-order chi connectivity index (χ1) is 9.90. The molecule has 0 unspecified atom stereocenters. The van der Waals surface area contributed by atoms with Crippen LogP contribution in [0, 0.1) is 11.8 Å². The maximum Gasteiger partial charge on any atom is 0.307 e. The molecule has 1 aromatic carbocycles. The van der Waals surface area contributed by atoms with Crippen LogP contribution >= 0.6 is 23.2 Å². The van der Waals surface area contributed by atoms with Crippen molar-refractivity contribution in [3.63, 3.8) is 0 Å². The van der Waals surface area contributed by atoms with Crippen LogP contribution in [-0.4, -0.2) is 28.9 Å². The number of hydrogen-bond acceptors (Lipinski definition) is 2. The molecule has 2 rings (SSSR count). The quantitative estimate of drug-likeness (QED) is 0.920. The average molecular weight is 330 g/mol. The van der Waals surface area contributed by atoms with E-state index in [2.05, 4.69) is 0 Å². The van der Waals surface area contributed by atoms with E-state index in [4.69, 9.17) is 23.2 Å². The standard InChI is InChI=1S/C15H17Cl2NO3/c1-18(8-9-5-6-10(16)7-13(9)17)14(19)11-3-2-4-12(11)15(20)21/h5-7,11-12H,2-4,8H2,1H3,(H,20,21)/t11-,12+/m1/s1. The summed E-state index contributed by atoms with van der Waals surface area (Å²) in [5, 5.41) is 10.2. The topological polar surface area (TPSA) is 57.6 Å². The molecule has 0 aromatic heterocycles. The summed E-state index contributed by atoms with van der Waals surface area (Å²) >= 11 is 11.9. The second kappa shape index (κ2) is 6.67. The molecule has 1 N–H and O–H groups in total. The Hall–Kier alpha value is -1.26. The van der Waals surface area contributed by atoms with Gasteiger partial charge in [0.25, 0.3) is 0 Å². The predicted octanol–water partition coefficient (Wildman–Crippen LogP) is 3.45. The fraction of sp³-hybridized carbons (Fsp3) is 0.467. The van der Waals surface area contributed by atoms with Gasteiger partial charge < -0.3 is 10.0 Å². The highest BCUT2D eigenvalue weighted by Gasteiger charge is 2.39. The van der Waals surface area contributed by atoms with Gasteiger partial charge in [-0.1, -0.05) is 35.7 Å². The van der Waals surface area contributed by atoms with Crippen molar-refractivity contribution in [2.24, 2.45) is 11.8 Å². The van der Waals surface area contributed by atoms with Crippen LogP contribution in [0.5, 0.6) is 0 Å². The number of benzene rings is 1. The fourth-order valence-electron chi connectivity index (χ4n) is 2.82. The number of carboxylic acids is 1. The van der Waals surface area contributed by atoms with Crippen molar-refractivity contribution in [3.8, 4) is 0 Å². The van der Waals surface area contributed by atoms with Gasteiger partial charge in [0.15, 0.2) is 0 Å². The lowest BCUT2D eigenvalue weighted by molar-refractivity contribution is -0.148. The molecule has 0 radical (unpaired) electrons. The molecule has 1 aliphatic carbocycles. The first-order valence-corrected chi connectivity index (χ1v) is 7.57. The number of amides is 1. The number of carboxylic acid groups (broad SMARTS) is 1. The van der Waals surface area contributed by atoms with Crippen LogP contribution in [0.15, 0.2) is 18.2 Å². The fourth-order valence-corrected chi connectivity index (χ4v) is 3.29. The summed E-state index contributed by atoms with van der Waals surface area (Å²) in [6.45, 7) is 0.345. The molecular formula is C15H17Cl2NO3. The van der Waals surface area contributed by atoms with Gasteiger partial charge in [-0.3, -0.25) is 9.59 Å². The SMILES string of the molecule is CN(Cc1ccc(Cl)cc1Cl)C(=O)[C@@H]1CCC[C@@H]1C(=O)O. The predicted molar refractivity (Wildman–Crippen MR) is 81.4 cm³/mol. The van der Waals surface area contributed by atoms with Crippen LogP contribution in [0.1, 0.15) is 24.8 Å². The van der Waals surface area contributed by atoms with Crippen molar-refractivity contribution < 1.29 is 14.7 Å². The molecule has 1 aliphatic rings. The molecule has 1 amide bonds. The van der Waals surface area contributed by atoms with E-state index >= 15 is 0 Å². The average Bonchev–Trinajstić information content (AvgIpc) is 2.90. The third-order valence-electron chi connectivity index (χ3n) is 3.95. The number of aliphatic carboxylic acids is 1. The number of carbonyl (C=O) groups is 2. The highest BCUT2D eigenvalue weighted by atomic mass is 35.5. The first kappa shape index (κ1) is 16.1. The molecule has 1 saturated carbocycles. The zero-order chi connectivity index (χ0) is 15.6. The van der Waals surface area contributed by atoms with Gasteiger partial charge in [0, 0.05) is 23.6 Å². The van der Waals surface area contributed by atoms with E-state index in [-0.39, 0.29) is 5.91 Å². The van der Waals surface area contributed by atoms with Crippen LogP contribution in [0.25, 0.3) is 0 Å². The number of rotatable bonds is 4. The first-order valence-electron chi connectivity index (χ1n) is 6.82. The number of nitrogens with zero attached hydrogens (tertiary/aromatic N) is 1. The van der Waals surface area contributed by atoms with E-state index in [9.17, 15) is 14.7 Å². The normalized spacial score (nSPS) is 21.3. The Balaban J connectivity index is 2.07. The maximum absolute atomic E-state index is 12.4. The van der Waals surface area contributed by atoms with E-state index in [1.165, 1.54) is 0 Å². The van der Waals surface area contributed by atoms with Crippen molar-refractivity contribution in [1.82, 2.24) is 4.90 Å². The minimum Gasteiger partial charge on any atom is -0.481 e. The minimum absolute atomic E-state index is 0.133. The van der Waals surface area contributed by atoms with E-state index in [1.54, 1.807) is 30.1 Å². The molecule has 2 atom stereocenters. The van der Waals surface area contributed by atoms with Crippen molar-refractivity contribution in [3.05, 3.63) is 33.8 Å². The van der Waals surface area contributed by atoms with Crippen LogP contribution in [0.2, 0.25) is 10.0 Å². The molecule has 0 saturated heterocycles. The Morgan fingerprint density at radius 1 is 1.29 bits per heavy atom. The van der Waals surface area contributed by atoms with Gasteiger partial charge in [0.2, 0.25) is 5.91 Å². The molecule has 0 spiro atoms. The Morgan fingerprint density at radius 3 is 2.57 bits per heavy atom. The highest BCUT2D eigenvalue weighted by Crippen LogP contribution is 2.33. The van der Waals surface area contributed by atoms with Crippen molar-refractivity contribution in [1.29, 1.82) is 0 Å². The van der Waals surface area contributed by atoms with E-state index < -0.39 is 17.8 Å². The summed E-state index contributed by atoms with van der Waals surface area (Å²) in [6.07, 6.45) is 1.98. The molecule has 21 heavy (non-hydrogen) atoms. The molecule has 0 bridgehead atoms. The van der Waals surface area contributed by atoms with Gasteiger partial charge in [0.1, 0.15) is 0 Å². The molecular weight excluding hydrogens is 313 g/mol. The zero-order valence-corrected chi connectivity index (χ0v) is 13.2. The molecule has 114 valence electrons. The third-order valence-corrected chi connectivity index (χ3v) is 4.54. The number of carbonyl (C=O) groups excluding carboxylic acids is 1. The molecule has 0 heterocycles. The third kappa shape index (κ3) is 3.69. The summed E-state index contributed by atoms with van der Waals surface area (Å²) in [4.78, 5) is 25.2. The highest BCUT2D eigenvalue weighted by molar-refractivity contribution is 6.35. The van der Waals surface area contributed by atoms with Gasteiger partial charge in [-0.2, -0.15) is 0 Å². The largest absolute Gasteiger partial charge is 0.481 e. The molecule has 6 heteroatoms. The summed E-state index contributed by atoms with van der Waals surface area (Å²) in [7, 11) is 1.67. The van der Waals surface area contributed by atoms with Crippen molar-refractivity contribution in [2.75, 3.05) is 7.05 Å². The second-order valence-corrected chi connectivity index (χ2v) is 6.26. The van der Waals surface area contributed by atoms with E-state index in [0.717, 1.165) is 12.0 Å². The summed E-state index contributed by atoms with van der Waals surface area (Å²) in [6, 6.07) is 5.13. The second-order valence-electron chi connectivity index (χ2n) is 5.41. The van der Waals surface area contributed by atoms with Crippen LogP contribution in [0.4, 0.5) is 0 Å². The monoisotopic (exact) mass is 329 g/mol. The van der Waals surface area contributed by atoms with Gasteiger partial charge in [-0.15, -0.1) is 0 Å². The summed E-state index contributed by atoms with van der Waals surface area (Å²) in [5.74, 6) is -2.02. The van der Waals surface area contributed by atoms with Crippen molar-refractivity contribution >= 4 is 35.1 Å². The van der Waals surface area contributed by atoms with Gasteiger partial charge in [-0.25, -0.2) is 0 Å². The Labute approximate surface area is 133 Å². The van der Waals surface area contributed by atoms with Crippen LogP contribution in [-0.2, 0) is 16.1 Å². The van der Waals surface area contributed by atoms with Crippen molar-refractivity contribution in [2.45, 2.75) is 25.8 Å². The Morgan fingerprint density at radius 2 is 1.95 bits per heavy atom. The summed E-state index contributed by atoms with van der Waals surface area (Å²) < 4.78 is 0. The lowest BCUT2D eigenvalue weighted by Gasteiger charge is -2.24. The molecule has 1 aromatic rings. The Bertz CT molecular complexity index is 562. The number of hydrogen-bond donors (Lipinski definition) is 1. The van der Waals surface area contributed by atoms with Crippen LogP contribution < -0.4 is 0 Å². The summed E-state index contributed by atoms with van der Waals surface area (Å²) in [5.41, 5.74) is 0.793. The van der Waals surface area contributed by atoms with Gasteiger partial charge in [0.05, 0.1) is 11.8 Å².